The van der Waals surface area contributed by atoms with Crippen LogP contribution in [0.1, 0.15) is 5.56 Å². The smallest absolute Gasteiger partial charge is 0.191 e. The molecule has 0 radical (unpaired) electrons. The lowest BCUT2D eigenvalue weighted by Gasteiger charge is -2.14. The molecular formula is C18H23ClIN3O. The highest BCUT2D eigenvalue weighted by Crippen LogP contribution is 2.25. The fourth-order valence-corrected chi connectivity index (χ4v) is 2.38. The van der Waals surface area contributed by atoms with Crippen LogP contribution in [0, 0.1) is 0 Å². The number of nitrogens with one attached hydrogen (secondary N) is 2. The summed E-state index contributed by atoms with van der Waals surface area (Å²) in [7, 11) is 3.44. The topological polar surface area (TPSA) is 45.7 Å². The summed E-state index contributed by atoms with van der Waals surface area (Å²) in [5, 5.41) is 7.27. The molecule has 2 N–H and O–H groups in total. The van der Waals surface area contributed by atoms with Gasteiger partial charge in [0.1, 0.15) is 0 Å². The number of hydrogen-bond acceptors (Lipinski definition) is 2. The number of nitrogens with zero attached hydrogens (tertiary/aromatic N) is 1. The summed E-state index contributed by atoms with van der Waals surface area (Å²) >= 11 is 5.97. The zero-order valence-electron chi connectivity index (χ0n) is 13.9. The summed E-state index contributed by atoms with van der Waals surface area (Å²) in [6.07, 6.45) is 0. The van der Waals surface area contributed by atoms with Crippen LogP contribution < -0.4 is 10.6 Å². The number of benzene rings is 2. The van der Waals surface area contributed by atoms with E-state index >= 15 is 0 Å². The number of methoxy groups -OCH3 is 1. The van der Waals surface area contributed by atoms with Crippen LogP contribution in [-0.2, 0) is 11.3 Å². The van der Waals surface area contributed by atoms with Gasteiger partial charge in [0, 0.05) is 32.3 Å². The average molecular weight is 460 g/mol. The van der Waals surface area contributed by atoms with Crippen LogP contribution >= 0.6 is 35.6 Å². The molecule has 2 rings (SSSR count). The van der Waals surface area contributed by atoms with Crippen molar-refractivity contribution >= 4 is 41.5 Å². The Hall–Kier alpha value is -1.31. The quantitative estimate of drug-likeness (QED) is 0.298. The van der Waals surface area contributed by atoms with Crippen molar-refractivity contribution in [2.75, 3.05) is 27.3 Å². The molecule has 130 valence electrons. The van der Waals surface area contributed by atoms with Crippen LogP contribution in [0.15, 0.2) is 53.5 Å². The Balaban J connectivity index is 0.00000288. The first-order valence-electron chi connectivity index (χ1n) is 7.52. The molecule has 0 atom stereocenters. The first-order chi connectivity index (χ1) is 11.2. The van der Waals surface area contributed by atoms with Gasteiger partial charge in [0.05, 0.1) is 6.61 Å². The van der Waals surface area contributed by atoms with Gasteiger partial charge in [0.2, 0.25) is 0 Å². The largest absolute Gasteiger partial charge is 0.383 e. The van der Waals surface area contributed by atoms with E-state index in [9.17, 15) is 0 Å². The van der Waals surface area contributed by atoms with Crippen molar-refractivity contribution in [3.8, 4) is 11.1 Å². The van der Waals surface area contributed by atoms with E-state index in [0.717, 1.165) is 23.1 Å². The molecule has 0 aromatic heterocycles. The highest BCUT2D eigenvalue weighted by Gasteiger charge is 2.05. The second kappa shape index (κ2) is 11.3. The van der Waals surface area contributed by atoms with Crippen molar-refractivity contribution in [2.24, 2.45) is 4.99 Å². The number of rotatable bonds is 6. The molecule has 6 heteroatoms. The SMILES string of the molecule is CN=C(NCCOC)NCc1ccccc1-c1ccc(Cl)cc1.I. The molecule has 2 aromatic carbocycles. The van der Waals surface area contributed by atoms with Gasteiger partial charge in [-0.15, -0.1) is 24.0 Å². The molecule has 0 bridgehead atoms. The van der Waals surface area contributed by atoms with Gasteiger partial charge < -0.3 is 15.4 Å². The van der Waals surface area contributed by atoms with Crippen molar-refractivity contribution in [1.82, 2.24) is 10.6 Å². The number of guanidine groups is 1. The lowest BCUT2D eigenvalue weighted by atomic mass is 10.00. The molecule has 0 heterocycles. The minimum atomic E-state index is 0. The van der Waals surface area contributed by atoms with Crippen molar-refractivity contribution in [2.45, 2.75) is 6.54 Å². The molecule has 0 saturated carbocycles. The molecule has 0 saturated heterocycles. The van der Waals surface area contributed by atoms with E-state index in [1.807, 2.05) is 36.4 Å². The number of halogens is 2. The fraction of sp³-hybridized carbons (Fsp3) is 0.278. The lowest BCUT2D eigenvalue weighted by Crippen LogP contribution is -2.38. The number of aliphatic imine (C=N–C) groups is 1. The predicted molar refractivity (Wildman–Crippen MR) is 112 cm³/mol. The maximum atomic E-state index is 5.97. The Bertz CT molecular complexity index is 647. The van der Waals surface area contributed by atoms with Crippen LogP contribution in [0.25, 0.3) is 11.1 Å². The molecule has 0 spiro atoms. The second-order valence-corrected chi connectivity index (χ2v) is 5.45. The van der Waals surface area contributed by atoms with Gasteiger partial charge in [-0.1, -0.05) is 48.0 Å². The minimum Gasteiger partial charge on any atom is -0.383 e. The van der Waals surface area contributed by atoms with Gasteiger partial charge in [-0.3, -0.25) is 4.99 Å². The predicted octanol–water partition coefficient (Wildman–Crippen LogP) is 3.94. The van der Waals surface area contributed by atoms with Crippen molar-refractivity contribution in [3.05, 3.63) is 59.1 Å². The van der Waals surface area contributed by atoms with Crippen LogP contribution in [0.2, 0.25) is 5.02 Å². The standard InChI is InChI=1S/C18H22ClN3O.HI/c1-20-18(21-11-12-23-2)22-13-15-5-3-4-6-17(15)14-7-9-16(19)10-8-14;/h3-10H,11-13H2,1-2H3,(H2,20,21,22);1H. The summed E-state index contributed by atoms with van der Waals surface area (Å²) in [6.45, 7) is 2.04. The number of hydrogen-bond donors (Lipinski definition) is 2. The van der Waals surface area contributed by atoms with Crippen LogP contribution in [0.4, 0.5) is 0 Å². The highest BCUT2D eigenvalue weighted by atomic mass is 127. The Kier molecular flexibility index (Phi) is 9.75. The van der Waals surface area contributed by atoms with E-state index in [0.29, 0.717) is 13.2 Å². The zero-order valence-corrected chi connectivity index (χ0v) is 17.0. The second-order valence-electron chi connectivity index (χ2n) is 5.01. The summed E-state index contributed by atoms with van der Waals surface area (Å²) in [4.78, 5) is 4.21. The van der Waals surface area contributed by atoms with Gasteiger partial charge in [-0.25, -0.2) is 0 Å². The molecule has 0 amide bonds. The lowest BCUT2D eigenvalue weighted by molar-refractivity contribution is 0.203. The maximum Gasteiger partial charge on any atom is 0.191 e. The molecule has 2 aromatic rings. The van der Waals surface area contributed by atoms with E-state index < -0.39 is 0 Å². The Morgan fingerprint density at radius 1 is 1.08 bits per heavy atom. The summed E-state index contributed by atoms with van der Waals surface area (Å²) in [5.41, 5.74) is 3.53. The molecule has 0 aliphatic rings. The van der Waals surface area contributed by atoms with E-state index in [2.05, 4.69) is 27.8 Å². The highest BCUT2D eigenvalue weighted by molar-refractivity contribution is 14.0. The van der Waals surface area contributed by atoms with E-state index in [1.165, 1.54) is 11.1 Å². The Labute approximate surface area is 165 Å². The van der Waals surface area contributed by atoms with Gasteiger partial charge in [-0.05, 0) is 28.8 Å². The van der Waals surface area contributed by atoms with Crippen LogP contribution in [0.5, 0.6) is 0 Å². The molecule has 24 heavy (non-hydrogen) atoms. The molecule has 0 fully saturated rings. The van der Waals surface area contributed by atoms with Gasteiger partial charge in [-0.2, -0.15) is 0 Å². The third-order valence-corrected chi connectivity index (χ3v) is 3.69. The molecule has 4 nitrogen and oxygen atoms in total. The minimum absolute atomic E-state index is 0. The average Bonchev–Trinajstić information content (AvgIpc) is 2.59. The zero-order chi connectivity index (χ0) is 16.5. The first kappa shape index (κ1) is 20.7. The van der Waals surface area contributed by atoms with E-state index in [4.69, 9.17) is 16.3 Å². The maximum absolute atomic E-state index is 5.97. The normalized spacial score (nSPS) is 10.9. The van der Waals surface area contributed by atoms with Crippen molar-refractivity contribution in [3.63, 3.8) is 0 Å². The van der Waals surface area contributed by atoms with Crippen LogP contribution in [-0.4, -0.2) is 33.3 Å². The molecule has 0 unspecified atom stereocenters. The molecule has 0 aliphatic heterocycles. The molecular weight excluding hydrogens is 437 g/mol. The van der Waals surface area contributed by atoms with Gasteiger partial charge in [0.15, 0.2) is 5.96 Å². The summed E-state index contributed by atoms with van der Waals surface area (Å²) < 4.78 is 5.03. The van der Waals surface area contributed by atoms with Crippen molar-refractivity contribution in [1.29, 1.82) is 0 Å². The monoisotopic (exact) mass is 459 g/mol. The Morgan fingerprint density at radius 3 is 2.46 bits per heavy atom. The van der Waals surface area contributed by atoms with Gasteiger partial charge in [0.25, 0.3) is 0 Å². The number of ether oxygens (including phenoxy) is 1. The third kappa shape index (κ3) is 6.30. The fourth-order valence-electron chi connectivity index (χ4n) is 2.26. The van der Waals surface area contributed by atoms with Crippen LogP contribution in [0.3, 0.4) is 0 Å². The summed E-state index contributed by atoms with van der Waals surface area (Å²) in [6, 6.07) is 16.2. The Morgan fingerprint density at radius 2 is 1.79 bits per heavy atom. The van der Waals surface area contributed by atoms with Gasteiger partial charge >= 0.3 is 0 Å². The van der Waals surface area contributed by atoms with E-state index in [1.54, 1.807) is 14.2 Å². The summed E-state index contributed by atoms with van der Waals surface area (Å²) in [5.74, 6) is 0.757. The third-order valence-electron chi connectivity index (χ3n) is 3.44. The van der Waals surface area contributed by atoms with Crippen molar-refractivity contribution < 1.29 is 4.74 Å². The molecule has 0 aliphatic carbocycles. The first-order valence-corrected chi connectivity index (χ1v) is 7.89. The van der Waals surface area contributed by atoms with E-state index in [-0.39, 0.29) is 24.0 Å².